The molecule has 1 aromatic heterocycles. The maximum Gasteiger partial charge on any atom is 0.225 e. The van der Waals surface area contributed by atoms with Crippen LogP contribution in [0.3, 0.4) is 0 Å². The summed E-state index contributed by atoms with van der Waals surface area (Å²) in [6.07, 6.45) is 7.28. The summed E-state index contributed by atoms with van der Waals surface area (Å²) in [5, 5.41) is 7.92. The molecule has 120 valence electrons. The smallest absolute Gasteiger partial charge is 0.225 e. The Morgan fingerprint density at radius 2 is 1.50 bits per heavy atom. The normalized spacial score (nSPS) is 10.8. The molecule has 0 fully saturated rings. The van der Waals surface area contributed by atoms with Crippen LogP contribution in [0.1, 0.15) is 52.4 Å². The third kappa shape index (κ3) is 4.86. The van der Waals surface area contributed by atoms with Gasteiger partial charge in [-0.15, -0.1) is 0 Å². The molecule has 0 spiro atoms. The average molecular weight is 300 g/mol. The number of nitrogens with one attached hydrogen (secondary N) is 2. The second-order valence-corrected chi connectivity index (χ2v) is 5.68. The minimum Gasteiger partial charge on any atom is -0.369 e. The summed E-state index contributed by atoms with van der Waals surface area (Å²) in [7, 11) is 0. The van der Waals surface area contributed by atoms with Crippen molar-refractivity contribution in [2.45, 2.75) is 52.4 Å². The fourth-order valence-electron chi connectivity index (χ4n) is 2.45. The Morgan fingerprint density at radius 3 is 2.23 bits per heavy atom. The minimum absolute atomic E-state index is 0.729. The van der Waals surface area contributed by atoms with Gasteiger partial charge >= 0.3 is 0 Å². The van der Waals surface area contributed by atoms with E-state index in [9.17, 15) is 0 Å². The maximum atomic E-state index is 4.66. The van der Waals surface area contributed by atoms with Crippen molar-refractivity contribution in [1.82, 2.24) is 9.97 Å². The second-order valence-electron chi connectivity index (χ2n) is 5.68. The van der Waals surface area contributed by atoms with Crippen LogP contribution in [0.25, 0.3) is 10.9 Å². The monoisotopic (exact) mass is 300 g/mol. The molecule has 0 aliphatic heterocycles. The number of unbranched alkanes of at least 4 members (excludes halogenated alkanes) is 4. The summed E-state index contributed by atoms with van der Waals surface area (Å²) in [4.78, 5) is 9.28. The molecule has 1 aromatic carbocycles. The van der Waals surface area contributed by atoms with Crippen molar-refractivity contribution in [3.05, 3.63) is 24.3 Å². The first-order chi connectivity index (χ1) is 10.8. The molecular formula is C18H28N4. The van der Waals surface area contributed by atoms with Gasteiger partial charge in [-0.1, -0.05) is 51.7 Å². The molecule has 0 bridgehead atoms. The molecule has 2 rings (SSSR count). The fraction of sp³-hybridized carbons (Fsp3) is 0.556. The van der Waals surface area contributed by atoms with Gasteiger partial charge in [0.05, 0.1) is 5.52 Å². The van der Waals surface area contributed by atoms with E-state index < -0.39 is 0 Å². The Morgan fingerprint density at radius 1 is 0.818 bits per heavy atom. The van der Waals surface area contributed by atoms with Gasteiger partial charge in [-0.2, -0.15) is 4.98 Å². The molecule has 0 atom stereocenters. The van der Waals surface area contributed by atoms with Gasteiger partial charge in [0.15, 0.2) is 0 Å². The van der Waals surface area contributed by atoms with Crippen LogP contribution in [0, 0.1) is 0 Å². The van der Waals surface area contributed by atoms with E-state index in [-0.39, 0.29) is 0 Å². The van der Waals surface area contributed by atoms with Gasteiger partial charge in [0.2, 0.25) is 5.95 Å². The molecular weight excluding hydrogens is 272 g/mol. The van der Waals surface area contributed by atoms with E-state index >= 15 is 0 Å². The highest BCUT2D eigenvalue weighted by Crippen LogP contribution is 2.21. The quantitative estimate of drug-likeness (QED) is 0.617. The molecule has 4 nitrogen and oxygen atoms in total. The summed E-state index contributed by atoms with van der Waals surface area (Å²) < 4.78 is 0. The topological polar surface area (TPSA) is 49.8 Å². The largest absolute Gasteiger partial charge is 0.369 e. The predicted octanol–water partition coefficient (Wildman–Crippen LogP) is 4.83. The molecule has 22 heavy (non-hydrogen) atoms. The summed E-state index contributed by atoms with van der Waals surface area (Å²) in [6.45, 7) is 6.33. The minimum atomic E-state index is 0.729. The molecule has 0 saturated heterocycles. The van der Waals surface area contributed by atoms with Gasteiger partial charge in [0.25, 0.3) is 0 Å². The zero-order valence-electron chi connectivity index (χ0n) is 13.9. The van der Waals surface area contributed by atoms with E-state index in [1.54, 1.807) is 0 Å². The SMILES string of the molecule is CCCCCNc1nc(NCCCCC)c2ccccc2n1. The van der Waals surface area contributed by atoms with Gasteiger partial charge in [-0.3, -0.25) is 0 Å². The highest BCUT2D eigenvalue weighted by atomic mass is 15.1. The molecule has 0 amide bonds. The van der Waals surface area contributed by atoms with E-state index in [0.717, 1.165) is 42.2 Å². The first kappa shape index (κ1) is 16.5. The zero-order valence-corrected chi connectivity index (χ0v) is 13.9. The standard InChI is InChI=1S/C18H28N4/c1-3-5-9-13-19-17-15-11-7-8-12-16(15)21-18(22-17)20-14-10-6-4-2/h7-8,11-12H,3-6,9-10,13-14H2,1-2H3,(H2,19,20,21,22). The number of fused-ring (bicyclic) bond motifs is 1. The van der Waals surface area contributed by atoms with Crippen molar-refractivity contribution >= 4 is 22.7 Å². The number of aromatic nitrogens is 2. The first-order valence-electron chi connectivity index (χ1n) is 8.59. The number of benzene rings is 1. The molecule has 4 heteroatoms. The van der Waals surface area contributed by atoms with Crippen molar-refractivity contribution in [2.24, 2.45) is 0 Å². The number of hydrogen-bond acceptors (Lipinski definition) is 4. The first-order valence-corrected chi connectivity index (χ1v) is 8.59. The van der Waals surface area contributed by atoms with Crippen molar-refractivity contribution in [3.63, 3.8) is 0 Å². The second kappa shape index (κ2) is 9.23. The van der Waals surface area contributed by atoms with E-state index in [2.05, 4.69) is 40.5 Å². The number of rotatable bonds is 10. The molecule has 0 aliphatic rings. The number of hydrogen-bond donors (Lipinski definition) is 2. The summed E-state index contributed by atoms with van der Waals surface area (Å²) >= 11 is 0. The van der Waals surface area contributed by atoms with Crippen molar-refractivity contribution in [3.8, 4) is 0 Å². The lowest BCUT2D eigenvalue weighted by Crippen LogP contribution is -2.09. The lowest BCUT2D eigenvalue weighted by Gasteiger charge is -2.11. The number of para-hydroxylation sites is 1. The van der Waals surface area contributed by atoms with E-state index in [1.165, 1.54) is 32.1 Å². The van der Waals surface area contributed by atoms with Crippen LogP contribution in [0.5, 0.6) is 0 Å². The van der Waals surface area contributed by atoms with Crippen LogP contribution >= 0.6 is 0 Å². The molecule has 2 N–H and O–H groups in total. The van der Waals surface area contributed by atoms with Crippen LogP contribution in [0.2, 0.25) is 0 Å². The van der Waals surface area contributed by atoms with Crippen LogP contribution in [0.4, 0.5) is 11.8 Å². The Labute approximate surface area is 133 Å². The molecule has 0 saturated carbocycles. The van der Waals surface area contributed by atoms with Gasteiger partial charge in [-0.25, -0.2) is 4.98 Å². The molecule has 0 radical (unpaired) electrons. The molecule has 1 heterocycles. The van der Waals surface area contributed by atoms with Crippen molar-refractivity contribution in [1.29, 1.82) is 0 Å². The Hall–Kier alpha value is -1.84. The van der Waals surface area contributed by atoms with Crippen molar-refractivity contribution < 1.29 is 0 Å². The van der Waals surface area contributed by atoms with Gasteiger partial charge in [0, 0.05) is 18.5 Å². The average Bonchev–Trinajstić information content (AvgIpc) is 2.55. The molecule has 0 aliphatic carbocycles. The highest BCUT2D eigenvalue weighted by Gasteiger charge is 2.06. The van der Waals surface area contributed by atoms with Crippen LogP contribution in [0.15, 0.2) is 24.3 Å². The maximum absolute atomic E-state index is 4.66. The van der Waals surface area contributed by atoms with Gasteiger partial charge < -0.3 is 10.6 Å². The highest BCUT2D eigenvalue weighted by molar-refractivity contribution is 5.89. The van der Waals surface area contributed by atoms with E-state index in [0.29, 0.717) is 0 Å². The zero-order chi connectivity index (χ0) is 15.6. The predicted molar refractivity (Wildman–Crippen MR) is 95.6 cm³/mol. The third-order valence-electron chi connectivity index (χ3n) is 3.74. The molecule has 2 aromatic rings. The van der Waals surface area contributed by atoms with Crippen LogP contribution in [-0.2, 0) is 0 Å². The summed E-state index contributed by atoms with van der Waals surface area (Å²) in [6, 6.07) is 8.19. The van der Waals surface area contributed by atoms with Crippen LogP contribution < -0.4 is 10.6 Å². The lowest BCUT2D eigenvalue weighted by molar-refractivity contribution is 0.739. The third-order valence-corrected chi connectivity index (χ3v) is 3.74. The van der Waals surface area contributed by atoms with Gasteiger partial charge in [0.1, 0.15) is 5.82 Å². The molecule has 0 unspecified atom stereocenters. The summed E-state index contributed by atoms with van der Waals surface area (Å²) in [5.41, 5.74) is 0.994. The van der Waals surface area contributed by atoms with Gasteiger partial charge in [-0.05, 0) is 25.0 Å². The summed E-state index contributed by atoms with van der Waals surface area (Å²) in [5.74, 6) is 1.67. The Kier molecular flexibility index (Phi) is 6.94. The van der Waals surface area contributed by atoms with Crippen LogP contribution in [-0.4, -0.2) is 23.1 Å². The van der Waals surface area contributed by atoms with E-state index in [1.807, 2.05) is 18.2 Å². The Balaban J connectivity index is 2.09. The fourth-order valence-corrected chi connectivity index (χ4v) is 2.45. The van der Waals surface area contributed by atoms with E-state index in [4.69, 9.17) is 0 Å². The number of nitrogens with zero attached hydrogens (tertiary/aromatic N) is 2. The number of anilines is 2. The Bertz CT molecular complexity index is 568. The lowest BCUT2D eigenvalue weighted by atomic mass is 10.2. The van der Waals surface area contributed by atoms with Crippen molar-refractivity contribution in [2.75, 3.05) is 23.7 Å².